The summed E-state index contributed by atoms with van der Waals surface area (Å²) in [6.45, 7) is 0.834. The van der Waals surface area contributed by atoms with E-state index < -0.39 is 0 Å². The van der Waals surface area contributed by atoms with Crippen LogP contribution >= 0.6 is 0 Å². The van der Waals surface area contributed by atoms with E-state index in [1.54, 1.807) is 0 Å². The molecule has 1 fully saturated rings. The molecule has 0 aromatic rings. The number of nitrogens with one attached hydrogen (secondary N) is 1. The number of Topliss-reactive ketones (excluding diaryl/α,β-unsaturated/α-hetero) is 1. The molecule has 4 nitrogen and oxygen atoms in total. The van der Waals surface area contributed by atoms with Crippen molar-refractivity contribution in [1.82, 2.24) is 10.2 Å². The lowest BCUT2D eigenvalue weighted by atomic mass is 9.88. The van der Waals surface area contributed by atoms with Gasteiger partial charge in [0.05, 0.1) is 0 Å². The van der Waals surface area contributed by atoms with Crippen LogP contribution in [0.4, 0.5) is 0 Å². The van der Waals surface area contributed by atoms with Crippen molar-refractivity contribution in [3.8, 4) is 0 Å². The Hall–Kier alpha value is -1.58. The van der Waals surface area contributed by atoms with Gasteiger partial charge in [0, 0.05) is 31.1 Å². The van der Waals surface area contributed by atoms with E-state index in [-0.39, 0.29) is 23.7 Å². The van der Waals surface area contributed by atoms with Gasteiger partial charge in [0.25, 0.3) is 0 Å². The largest absolute Gasteiger partial charge is 0.368 e. The van der Waals surface area contributed by atoms with Crippen molar-refractivity contribution in [2.24, 2.45) is 5.92 Å². The van der Waals surface area contributed by atoms with Crippen LogP contribution in [0.5, 0.6) is 0 Å². The highest BCUT2D eigenvalue weighted by Gasteiger charge is 2.30. The summed E-state index contributed by atoms with van der Waals surface area (Å²) in [6, 6.07) is 0.280. The zero-order valence-electron chi connectivity index (χ0n) is 11.8. The van der Waals surface area contributed by atoms with Gasteiger partial charge in [-0.2, -0.15) is 0 Å². The molecular formula is C16H22N2O2. The minimum Gasteiger partial charge on any atom is -0.368 e. The highest BCUT2D eigenvalue weighted by atomic mass is 16.2. The summed E-state index contributed by atoms with van der Waals surface area (Å²) >= 11 is 0. The van der Waals surface area contributed by atoms with Crippen LogP contribution in [0.25, 0.3) is 0 Å². The van der Waals surface area contributed by atoms with Crippen LogP contribution in [-0.4, -0.2) is 29.2 Å². The molecule has 108 valence electrons. The lowest BCUT2D eigenvalue weighted by Gasteiger charge is -2.36. The van der Waals surface area contributed by atoms with Gasteiger partial charge >= 0.3 is 0 Å². The normalized spacial score (nSPS) is 27.0. The summed E-state index contributed by atoms with van der Waals surface area (Å²) in [4.78, 5) is 26.5. The molecule has 1 aliphatic carbocycles. The van der Waals surface area contributed by atoms with Crippen molar-refractivity contribution < 1.29 is 9.59 Å². The summed E-state index contributed by atoms with van der Waals surface area (Å²) in [5.41, 5.74) is 0.493. The second kappa shape index (κ2) is 5.81. The van der Waals surface area contributed by atoms with E-state index in [9.17, 15) is 9.59 Å². The van der Waals surface area contributed by atoms with Crippen molar-refractivity contribution in [2.75, 3.05) is 6.54 Å². The van der Waals surface area contributed by atoms with E-state index in [4.69, 9.17) is 0 Å². The van der Waals surface area contributed by atoms with Crippen molar-refractivity contribution in [3.63, 3.8) is 0 Å². The predicted octanol–water partition coefficient (Wildman–Crippen LogP) is 2.13. The van der Waals surface area contributed by atoms with Crippen LogP contribution in [-0.2, 0) is 9.59 Å². The molecule has 3 aliphatic rings. The van der Waals surface area contributed by atoms with E-state index in [1.807, 2.05) is 6.20 Å². The number of nitrogens with zero attached hydrogens (tertiary/aromatic N) is 1. The van der Waals surface area contributed by atoms with Gasteiger partial charge in [0.15, 0.2) is 5.78 Å². The maximum Gasteiger partial charge on any atom is 0.227 e. The molecule has 1 atom stereocenters. The molecule has 20 heavy (non-hydrogen) atoms. The number of fused-ring (bicyclic) bond motifs is 1. The quantitative estimate of drug-likeness (QED) is 0.785. The molecule has 1 saturated carbocycles. The average Bonchev–Trinajstić information content (AvgIpc) is 2.49. The zero-order chi connectivity index (χ0) is 13.9. The first-order valence-electron chi connectivity index (χ1n) is 7.70. The maximum absolute atomic E-state index is 12.2. The average molecular weight is 274 g/mol. The summed E-state index contributed by atoms with van der Waals surface area (Å²) in [6.07, 6.45) is 12.9. The Morgan fingerprint density at radius 1 is 1.20 bits per heavy atom. The van der Waals surface area contributed by atoms with Crippen molar-refractivity contribution in [1.29, 1.82) is 0 Å². The summed E-state index contributed by atoms with van der Waals surface area (Å²) < 4.78 is 0. The van der Waals surface area contributed by atoms with Gasteiger partial charge < -0.3 is 10.2 Å². The van der Waals surface area contributed by atoms with Gasteiger partial charge in [-0.05, 0) is 19.3 Å². The smallest absolute Gasteiger partial charge is 0.227 e. The van der Waals surface area contributed by atoms with Gasteiger partial charge in [-0.25, -0.2) is 0 Å². The molecule has 0 bridgehead atoms. The molecule has 1 amide bonds. The third-order valence-corrected chi connectivity index (χ3v) is 4.61. The fourth-order valence-corrected chi connectivity index (χ4v) is 3.36. The highest BCUT2D eigenvalue weighted by Crippen LogP contribution is 2.25. The summed E-state index contributed by atoms with van der Waals surface area (Å²) in [5.74, 6) is 0.206. The number of hydrogen-bond donors (Lipinski definition) is 1. The van der Waals surface area contributed by atoms with Crippen molar-refractivity contribution >= 4 is 11.7 Å². The van der Waals surface area contributed by atoms with Crippen LogP contribution in [0.3, 0.4) is 0 Å². The molecule has 4 heteroatoms. The molecule has 0 aromatic heterocycles. The van der Waals surface area contributed by atoms with Gasteiger partial charge in [-0.15, -0.1) is 0 Å². The summed E-state index contributed by atoms with van der Waals surface area (Å²) in [5, 5.41) is 2.88. The Labute approximate surface area is 119 Å². The molecule has 0 saturated heterocycles. The Bertz CT molecular complexity index is 461. The third-order valence-electron chi connectivity index (χ3n) is 4.61. The van der Waals surface area contributed by atoms with E-state index in [0.29, 0.717) is 12.1 Å². The molecule has 2 heterocycles. The third kappa shape index (κ3) is 2.79. The predicted molar refractivity (Wildman–Crippen MR) is 76.7 cm³/mol. The van der Waals surface area contributed by atoms with Gasteiger partial charge in [0.2, 0.25) is 5.91 Å². The minimum absolute atomic E-state index is 0.0373. The van der Waals surface area contributed by atoms with Crippen LogP contribution in [0, 0.1) is 5.92 Å². The van der Waals surface area contributed by atoms with Crippen LogP contribution in [0.1, 0.15) is 44.9 Å². The van der Waals surface area contributed by atoms with Crippen LogP contribution in [0.2, 0.25) is 0 Å². The molecule has 1 unspecified atom stereocenters. The second-order valence-electron chi connectivity index (χ2n) is 6.05. The standard InChI is InChI=1S/C16H22N2O2/c19-15-10-13-8-4-5-9-18(13)11-14(15)17-16(20)12-6-2-1-3-7-12/h4-5,11-13H,1-3,6-10H2,(H,17,20). The first-order valence-corrected chi connectivity index (χ1v) is 7.70. The van der Waals surface area contributed by atoms with E-state index >= 15 is 0 Å². The fourth-order valence-electron chi connectivity index (χ4n) is 3.36. The van der Waals surface area contributed by atoms with Crippen LogP contribution < -0.4 is 5.32 Å². The van der Waals surface area contributed by atoms with Gasteiger partial charge in [0.1, 0.15) is 5.70 Å². The number of carbonyl (C=O) groups is 2. The van der Waals surface area contributed by atoms with E-state index in [0.717, 1.165) is 38.6 Å². The molecule has 3 rings (SSSR count). The number of ketones is 1. The Morgan fingerprint density at radius 2 is 2.00 bits per heavy atom. The van der Waals surface area contributed by atoms with Gasteiger partial charge in [-0.3, -0.25) is 9.59 Å². The maximum atomic E-state index is 12.2. The molecule has 2 aliphatic heterocycles. The fraction of sp³-hybridized carbons (Fsp3) is 0.625. The van der Waals surface area contributed by atoms with Crippen LogP contribution in [0.15, 0.2) is 24.0 Å². The van der Waals surface area contributed by atoms with Crippen molar-refractivity contribution in [2.45, 2.75) is 51.0 Å². The number of carbonyl (C=O) groups excluding carboxylic acids is 2. The second-order valence-corrected chi connectivity index (χ2v) is 6.05. The first kappa shape index (κ1) is 13.4. The SMILES string of the molecule is O=C1CC2CC=CCN2C=C1NC(=O)C1CCCCC1. The van der Waals surface area contributed by atoms with Gasteiger partial charge in [-0.1, -0.05) is 31.4 Å². The number of amides is 1. The van der Waals surface area contributed by atoms with E-state index in [1.165, 1.54) is 6.42 Å². The number of hydrogen-bond acceptors (Lipinski definition) is 3. The minimum atomic E-state index is 0.0373. The number of allylic oxidation sites excluding steroid dienone is 1. The van der Waals surface area contributed by atoms with E-state index in [2.05, 4.69) is 22.4 Å². The first-order chi connectivity index (χ1) is 9.74. The molecule has 1 N–H and O–H groups in total. The molecule has 0 aromatic carbocycles. The lowest BCUT2D eigenvalue weighted by molar-refractivity contribution is -0.127. The molecule has 0 radical (unpaired) electrons. The Balaban J connectivity index is 1.66. The Morgan fingerprint density at radius 3 is 2.80 bits per heavy atom. The number of rotatable bonds is 2. The van der Waals surface area contributed by atoms with Crippen molar-refractivity contribution in [3.05, 3.63) is 24.0 Å². The lowest BCUT2D eigenvalue weighted by Crippen LogP contribution is -2.44. The zero-order valence-corrected chi connectivity index (χ0v) is 11.8. The highest BCUT2D eigenvalue weighted by molar-refractivity contribution is 6.00. The Kier molecular flexibility index (Phi) is 3.90. The topological polar surface area (TPSA) is 49.4 Å². The molecule has 0 spiro atoms. The molecular weight excluding hydrogens is 252 g/mol. The summed E-state index contributed by atoms with van der Waals surface area (Å²) in [7, 11) is 0. The monoisotopic (exact) mass is 274 g/mol.